The minimum absolute atomic E-state index is 0.145. The first-order valence-electron chi connectivity index (χ1n) is 6.79. The van der Waals surface area contributed by atoms with E-state index in [-0.39, 0.29) is 11.8 Å². The normalized spacial score (nSPS) is 28.0. The van der Waals surface area contributed by atoms with E-state index in [1.54, 1.807) is 0 Å². The van der Waals surface area contributed by atoms with Gasteiger partial charge in [0, 0.05) is 0 Å². The van der Waals surface area contributed by atoms with Crippen LogP contribution in [0.3, 0.4) is 0 Å². The van der Waals surface area contributed by atoms with Gasteiger partial charge >= 0.3 is 5.97 Å². The Hall–Kier alpha value is -1.35. The Kier molecular flexibility index (Phi) is 3.08. The van der Waals surface area contributed by atoms with Crippen LogP contribution in [-0.4, -0.2) is 24.2 Å². The van der Waals surface area contributed by atoms with Crippen LogP contribution in [0.15, 0.2) is 24.3 Å². The zero-order valence-corrected chi connectivity index (χ0v) is 10.4. The van der Waals surface area contributed by atoms with E-state index in [1.165, 1.54) is 24.0 Å². The van der Waals surface area contributed by atoms with Crippen LogP contribution in [0.25, 0.3) is 0 Å². The van der Waals surface area contributed by atoms with Crippen molar-refractivity contribution in [1.82, 2.24) is 5.32 Å². The van der Waals surface area contributed by atoms with Gasteiger partial charge in [-0.3, -0.25) is 4.79 Å². The summed E-state index contributed by atoms with van der Waals surface area (Å²) < 4.78 is 0. The number of hydrogen-bond donors (Lipinski definition) is 2. The number of nitrogens with one attached hydrogen (secondary N) is 1. The van der Waals surface area contributed by atoms with Crippen LogP contribution in [0, 0.1) is 5.92 Å². The van der Waals surface area contributed by atoms with Crippen molar-refractivity contribution in [3.05, 3.63) is 35.4 Å². The number of carboxylic acid groups (broad SMARTS) is 1. The van der Waals surface area contributed by atoms with Crippen LogP contribution >= 0.6 is 0 Å². The van der Waals surface area contributed by atoms with Gasteiger partial charge in [0.15, 0.2) is 0 Å². The third-order valence-corrected chi connectivity index (χ3v) is 4.26. The minimum atomic E-state index is -0.646. The van der Waals surface area contributed by atoms with Gasteiger partial charge in [0.1, 0.15) is 0 Å². The van der Waals surface area contributed by atoms with Crippen LogP contribution in [-0.2, 0) is 4.79 Å². The van der Waals surface area contributed by atoms with E-state index >= 15 is 0 Å². The third kappa shape index (κ3) is 2.27. The summed E-state index contributed by atoms with van der Waals surface area (Å²) in [7, 11) is 0. The molecule has 3 nitrogen and oxygen atoms in total. The molecule has 2 unspecified atom stereocenters. The quantitative estimate of drug-likeness (QED) is 0.859. The average Bonchev–Trinajstić information content (AvgIpc) is 3.20. The van der Waals surface area contributed by atoms with Crippen molar-refractivity contribution in [1.29, 1.82) is 0 Å². The van der Waals surface area contributed by atoms with Crippen molar-refractivity contribution >= 4 is 5.97 Å². The van der Waals surface area contributed by atoms with Crippen molar-refractivity contribution in [2.45, 2.75) is 31.1 Å². The minimum Gasteiger partial charge on any atom is -0.481 e. The molecule has 0 bridgehead atoms. The SMILES string of the molecule is O=C(O)C1CC1c1cccc(C2CCNCC2)c1. The van der Waals surface area contributed by atoms with Gasteiger partial charge in [0.05, 0.1) is 5.92 Å². The van der Waals surface area contributed by atoms with E-state index in [1.807, 2.05) is 0 Å². The molecule has 2 N–H and O–H groups in total. The van der Waals surface area contributed by atoms with Gasteiger partial charge in [-0.2, -0.15) is 0 Å². The lowest BCUT2D eigenvalue weighted by molar-refractivity contribution is -0.138. The zero-order valence-electron chi connectivity index (χ0n) is 10.4. The molecule has 0 spiro atoms. The summed E-state index contributed by atoms with van der Waals surface area (Å²) in [5, 5.41) is 12.4. The highest BCUT2D eigenvalue weighted by atomic mass is 16.4. The summed E-state index contributed by atoms with van der Waals surface area (Å²) >= 11 is 0. The molecule has 1 aromatic carbocycles. The highest BCUT2D eigenvalue weighted by Gasteiger charge is 2.44. The number of carbonyl (C=O) groups is 1. The van der Waals surface area contributed by atoms with E-state index in [0.29, 0.717) is 5.92 Å². The molecule has 1 saturated carbocycles. The van der Waals surface area contributed by atoms with Crippen LogP contribution in [0.1, 0.15) is 42.2 Å². The van der Waals surface area contributed by atoms with Crippen molar-refractivity contribution in [2.75, 3.05) is 13.1 Å². The molecule has 1 aliphatic heterocycles. The first-order chi connectivity index (χ1) is 8.75. The van der Waals surface area contributed by atoms with Gasteiger partial charge in [-0.25, -0.2) is 0 Å². The van der Waals surface area contributed by atoms with Gasteiger partial charge in [0.2, 0.25) is 0 Å². The molecule has 2 aliphatic rings. The Morgan fingerprint density at radius 3 is 2.61 bits per heavy atom. The molecule has 1 aromatic rings. The summed E-state index contributed by atoms with van der Waals surface area (Å²) in [4.78, 5) is 10.9. The summed E-state index contributed by atoms with van der Waals surface area (Å²) in [6.07, 6.45) is 3.19. The lowest BCUT2D eigenvalue weighted by atomic mass is 9.89. The molecular weight excluding hydrogens is 226 g/mol. The van der Waals surface area contributed by atoms with Crippen molar-refractivity contribution in [3.63, 3.8) is 0 Å². The monoisotopic (exact) mass is 245 g/mol. The molecule has 1 aliphatic carbocycles. The molecule has 0 aromatic heterocycles. The van der Waals surface area contributed by atoms with Crippen LogP contribution < -0.4 is 5.32 Å². The maximum absolute atomic E-state index is 10.9. The number of rotatable bonds is 3. The second-order valence-electron chi connectivity index (χ2n) is 5.48. The molecule has 2 fully saturated rings. The van der Waals surface area contributed by atoms with Gasteiger partial charge in [-0.15, -0.1) is 0 Å². The fourth-order valence-corrected chi connectivity index (χ4v) is 3.04. The van der Waals surface area contributed by atoms with E-state index in [2.05, 4.69) is 29.6 Å². The van der Waals surface area contributed by atoms with Gasteiger partial charge < -0.3 is 10.4 Å². The first-order valence-corrected chi connectivity index (χ1v) is 6.79. The van der Waals surface area contributed by atoms with Crippen LogP contribution in [0.4, 0.5) is 0 Å². The van der Waals surface area contributed by atoms with E-state index in [4.69, 9.17) is 5.11 Å². The Bertz CT molecular complexity index is 452. The molecular formula is C15H19NO2. The number of aliphatic carboxylic acids is 1. The van der Waals surface area contributed by atoms with Crippen molar-refractivity contribution in [2.24, 2.45) is 5.92 Å². The van der Waals surface area contributed by atoms with Gasteiger partial charge in [-0.05, 0) is 55.3 Å². The second kappa shape index (κ2) is 4.73. The fourth-order valence-electron chi connectivity index (χ4n) is 3.04. The molecule has 3 rings (SSSR count). The highest BCUT2D eigenvalue weighted by Crippen LogP contribution is 2.48. The second-order valence-corrected chi connectivity index (χ2v) is 5.48. The molecule has 2 atom stereocenters. The zero-order chi connectivity index (χ0) is 12.5. The average molecular weight is 245 g/mol. The molecule has 0 amide bonds. The van der Waals surface area contributed by atoms with Gasteiger partial charge in [-0.1, -0.05) is 24.3 Å². The van der Waals surface area contributed by atoms with E-state index < -0.39 is 5.97 Å². The molecule has 3 heteroatoms. The topological polar surface area (TPSA) is 49.3 Å². The number of hydrogen-bond acceptors (Lipinski definition) is 2. The molecule has 18 heavy (non-hydrogen) atoms. The standard InChI is InChI=1S/C15H19NO2/c17-15(18)14-9-13(14)12-3-1-2-11(8-12)10-4-6-16-7-5-10/h1-3,8,10,13-14,16H,4-7,9H2,(H,17,18). The Balaban J connectivity index is 1.75. The number of piperidine rings is 1. The predicted molar refractivity (Wildman–Crippen MR) is 69.8 cm³/mol. The maximum Gasteiger partial charge on any atom is 0.307 e. The Morgan fingerprint density at radius 2 is 1.94 bits per heavy atom. The van der Waals surface area contributed by atoms with E-state index in [9.17, 15) is 4.79 Å². The number of benzene rings is 1. The van der Waals surface area contributed by atoms with Crippen LogP contribution in [0.5, 0.6) is 0 Å². The van der Waals surface area contributed by atoms with Crippen LogP contribution in [0.2, 0.25) is 0 Å². The number of carboxylic acids is 1. The van der Waals surface area contributed by atoms with E-state index in [0.717, 1.165) is 19.5 Å². The summed E-state index contributed by atoms with van der Waals surface area (Å²) in [6, 6.07) is 8.60. The Morgan fingerprint density at radius 1 is 1.22 bits per heavy atom. The lowest BCUT2D eigenvalue weighted by Gasteiger charge is -2.23. The first kappa shape index (κ1) is 11.7. The Labute approximate surface area is 107 Å². The van der Waals surface area contributed by atoms with Crippen molar-refractivity contribution < 1.29 is 9.90 Å². The summed E-state index contributed by atoms with van der Waals surface area (Å²) in [5.74, 6) is 0.109. The largest absolute Gasteiger partial charge is 0.481 e. The lowest BCUT2D eigenvalue weighted by Crippen LogP contribution is -2.26. The fraction of sp³-hybridized carbons (Fsp3) is 0.533. The molecule has 1 heterocycles. The summed E-state index contributed by atoms with van der Waals surface area (Å²) in [5.41, 5.74) is 2.61. The van der Waals surface area contributed by atoms with Crippen molar-refractivity contribution in [3.8, 4) is 0 Å². The molecule has 1 saturated heterocycles. The predicted octanol–water partition coefficient (Wildman–Crippen LogP) is 2.34. The van der Waals surface area contributed by atoms with Gasteiger partial charge in [0.25, 0.3) is 0 Å². The maximum atomic E-state index is 10.9. The third-order valence-electron chi connectivity index (χ3n) is 4.26. The summed E-state index contributed by atoms with van der Waals surface area (Å²) in [6.45, 7) is 2.19. The molecule has 0 radical (unpaired) electrons. The highest BCUT2D eigenvalue weighted by molar-refractivity contribution is 5.75. The molecule has 96 valence electrons. The smallest absolute Gasteiger partial charge is 0.307 e.